The van der Waals surface area contributed by atoms with Crippen LogP contribution < -0.4 is 15.4 Å². The minimum atomic E-state index is -4.68. The van der Waals surface area contributed by atoms with Crippen molar-refractivity contribution < 1.29 is 32.6 Å². The van der Waals surface area contributed by atoms with Gasteiger partial charge in [-0.1, -0.05) is 6.07 Å². The number of hydrogen-bond acceptors (Lipinski definition) is 6. The normalized spacial score (nSPS) is 15.0. The maximum Gasteiger partial charge on any atom is 0.419 e. The average Bonchev–Trinajstić information content (AvgIpc) is 3.64. The van der Waals surface area contributed by atoms with Crippen LogP contribution in [0.4, 0.5) is 13.2 Å². The third-order valence-corrected chi connectivity index (χ3v) is 5.73. The largest absolute Gasteiger partial charge is 0.455 e. The van der Waals surface area contributed by atoms with Gasteiger partial charge in [-0.05, 0) is 61.7 Å². The third kappa shape index (κ3) is 5.80. The zero-order chi connectivity index (χ0) is 25.9. The first-order chi connectivity index (χ1) is 17.1. The molecule has 0 saturated heterocycles. The summed E-state index contributed by atoms with van der Waals surface area (Å²) in [6, 6.07) is 9.41. The van der Waals surface area contributed by atoms with Gasteiger partial charge in [0.15, 0.2) is 0 Å². The molecule has 1 fully saturated rings. The lowest BCUT2D eigenvalue weighted by atomic mass is 10.1. The number of pyridine rings is 2. The molecule has 1 aromatic carbocycles. The van der Waals surface area contributed by atoms with Crippen LogP contribution in [0.1, 0.15) is 53.0 Å². The zero-order valence-electron chi connectivity index (χ0n) is 19.2. The molecule has 0 radical (unpaired) electrons. The molecule has 11 heteroatoms. The van der Waals surface area contributed by atoms with Crippen LogP contribution in [-0.4, -0.2) is 32.4 Å². The molecule has 1 aliphatic carbocycles. The highest BCUT2D eigenvalue weighted by atomic mass is 19.4. The van der Waals surface area contributed by atoms with E-state index in [9.17, 15) is 27.9 Å². The molecule has 1 atom stereocenters. The fraction of sp³-hybridized carbons (Fsp3) is 0.280. The van der Waals surface area contributed by atoms with Gasteiger partial charge in [-0.25, -0.2) is 0 Å². The van der Waals surface area contributed by atoms with Gasteiger partial charge in [0.1, 0.15) is 17.0 Å². The molecule has 0 aliphatic heterocycles. The molecule has 36 heavy (non-hydrogen) atoms. The Morgan fingerprint density at radius 3 is 2.44 bits per heavy atom. The van der Waals surface area contributed by atoms with Gasteiger partial charge in [0.05, 0.1) is 30.1 Å². The highest BCUT2D eigenvalue weighted by Gasteiger charge is 2.51. The van der Waals surface area contributed by atoms with Crippen molar-refractivity contribution in [3.63, 3.8) is 0 Å². The van der Waals surface area contributed by atoms with Crippen molar-refractivity contribution in [1.82, 2.24) is 20.6 Å². The van der Waals surface area contributed by atoms with E-state index in [2.05, 4.69) is 20.6 Å². The Labute approximate surface area is 204 Å². The number of carbonyl (C=O) groups excluding carboxylic acids is 2. The molecule has 2 aromatic heterocycles. The van der Waals surface area contributed by atoms with Gasteiger partial charge < -0.3 is 20.5 Å². The molecule has 4 rings (SSSR count). The molecule has 188 valence electrons. The van der Waals surface area contributed by atoms with Crippen LogP contribution in [0.15, 0.2) is 61.1 Å². The lowest BCUT2D eigenvalue weighted by Gasteiger charge is -2.17. The van der Waals surface area contributed by atoms with Gasteiger partial charge in [0.25, 0.3) is 5.91 Å². The van der Waals surface area contributed by atoms with E-state index in [1.165, 1.54) is 43.7 Å². The fourth-order valence-electron chi connectivity index (χ4n) is 3.49. The van der Waals surface area contributed by atoms with Crippen LogP contribution in [-0.2, 0) is 17.5 Å². The summed E-state index contributed by atoms with van der Waals surface area (Å²) in [4.78, 5) is 33.0. The van der Waals surface area contributed by atoms with E-state index >= 15 is 0 Å². The smallest absolute Gasteiger partial charge is 0.419 e. The molecule has 3 N–H and O–H groups in total. The van der Waals surface area contributed by atoms with E-state index in [1.807, 2.05) is 0 Å². The van der Waals surface area contributed by atoms with Crippen LogP contribution in [0.3, 0.4) is 0 Å². The molecular formula is C25H23F3N4O4. The number of aliphatic hydroxyl groups is 1. The van der Waals surface area contributed by atoms with E-state index in [0.29, 0.717) is 24.1 Å². The number of aliphatic hydroxyl groups excluding tert-OH is 1. The van der Waals surface area contributed by atoms with Gasteiger partial charge in [-0.15, -0.1) is 0 Å². The van der Waals surface area contributed by atoms with Crippen LogP contribution in [0.25, 0.3) is 0 Å². The summed E-state index contributed by atoms with van der Waals surface area (Å²) in [5.74, 6) is -1.07. The Balaban J connectivity index is 1.36. The van der Waals surface area contributed by atoms with Crippen LogP contribution in [0, 0.1) is 0 Å². The molecule has 2 heterocycles. The number of alkyl halides is 3. The van der Waals surface area contributed by atoms with Crippen LogP contribution >= 0.6 is 0 Å². The molecular weight excluding hydrogens is 477 g/mol. The third-order valence-electron chi connectivity index (χ3n) is 5.73. The number of halogens is 3. The molecule has 1 saturated carbocycles. The minimum Gasteiger partial charge on any atom is -0.455 e. The van der Waals surface area contributed by atoms with E-state index in [0.717, 1.165) is 12.1 Å². The average molecular weight is 500 g/mol. The van der Waals surface area contributed by atoms with E-state index in [1.54, 1.807) is 12.1 Å². The predicted molar refractivity (Wildman–Crippen MR) is 122 cm³/mol. The predicted octanol–water partition coefficient (Wildman–Crippen LogP) is 3.92. The van der Waals surface area contributed by atoms with Crippen LogP contribution in [0.5, 0.6) is 11.5 Å². The molecule has 1 aliphatic rings. The monoisotopic (exact) mass is 500 g/mol. The molecule has 8 nitrogen and oxygen atoms in total. The lowest BCUT2D eigenvalue weighted by Crippen LogP contribution is -2.48. The van der Waals surface area contributed by atoms with E-state index in [4.69, 9.17) is 4.74 Å². The topological polar surface area (TPSA) is 113 Å². The Morgan fingerprint density at radius 1 is 1.14 bits per heavy atom. The number of hydrogen-bond donors (Lipinski definition) is 3. The molecule has 0 spiro atoms. The maximum absolute atomic E-state index is 13.5. The van der Waals surface area contributed by atoms with E-state index < -0.39 is 29.1 Å². The highest BCUT2D eigenvalue weighted by molar-refractivity contribution is 6.00. The Kier molecular flexibility index (Phi) is 6.93. The van der Waals surface area contributed by atoms with E-state index in [-0.39, 0.29) is 29.7 Å². The first-order valence-corrected chi connectivity index (χ1v) is 11.1. The zero-order valence-corrected chi connectivity index (χ0v) is 19.2. The van der Waals surface area contributed by atoms with Crippen molar-refractivity contribution in [2.24, 2.45) is 0 Å². The van der Waals surface area contributed by atoms with Crippen molar-refractivity contribution in [3.8, 4) is 11.5 Å². The van der Waals surface area contributed by atoms with Gasteiger partial charge in [-0.2, -0.15) is 13.2 Å². The quantitative estimate of drug-likeness (QED) is 0.432. The lowest BCUT2D eigenvalue weighted by molar-refractivity contribution is -0.138. The second-order valence-electron chi connectivity index (χ2n) is 8.47. The molecule has 2 amide bonds. The number of carbonyl (C=O) groups is 2. The van der Waals surface area contributed by atoms with Crippen molar-refractivity contribution in [2.75, 3.05) is 0 Å². The van der Waals surface area contributed by atoms with Crippen molar-refractivity contribution in [1.29, 1.82) is 0 Å². The van der Waals surface area contributed by atoms with Crippen molar-refractivity contribution in [2.45, 2.75) is 44.1 Å². The Bertz CT molecular complexity index is 1240. The SMILES string of the molecule is CC(O)c1ccc(Oc2ccc(CNC(=O)C3(NC(=O)c4ccncc4)CC3)nc2)c(C(F)(F)F)c1. The minimum absolute atomic E-state index is 0.0584. The van der Waals surface area contributed by atoms with Crippen molar-refractivity contribution >= 4 is 11.8 Å². The standard InChI is InChI=1S/C25H23F3N4O4/c1-15(33)17-2-5-21(20(12-17)25(26,27)28)36-19-4-3-18(30-14-19)13-31-23(35)24(8-9-24)32-22(34)16-6-10-29-11-7-16/h2-7,10-12,14-15,33H,8-9,13H2,1H3,(H,31,35)(H,32,34). The molecule has 0 bridgehead atoms. The number of aromatic nitrogens is 2. The second-order valence-corrected chi connectivity index (χ2v) is 8.47. The summed E-state index contributed by atoms with van der Waals surface area (Å²) in [6.45, 7) is 1.43. The number of amides is 2. The second kappa shape index (κ2) is 9.94. The van der Waals surface area contributed by atoms with Gasteiger partial charge in [0, 0.05) is 18.0 Å². The van der Waals surface area contributed by atoms with Crippen molar-refractivity contribution in [3.05, 3.63) is 83.4 Å². The number of ether oxygens (including phenoxy) is 1. The Hall–Kier alpha value is -3.99. The maximum atomic E-state index is 13.5. The summed E-state index contributed by atoms with van der Waals surface area (Å²) >= 11 is 0. The molecule has 3 aromatic rings. The highest BCUT2D eigenvalue weighted by Crippen LogP contribution is 2.39. The summed E-state index contributed by atoms with van der Waals surface area (Å²) in [5.41, 5.74) is -1.02. The number of nitrogens with one attached hydrogen (secondary N) is 2. The first-order valence-electron chi connectivity index (χ1n) is 11.1. The summed E-state index contributed by atoms with van der Waals surface area (Å²) in [6.07, 6.45) is -0.498. The number of rotatable bonds is 8. The number of benzene rings is 1. The summed E-state index contributed by atoms with van der Waals surface area (Å²) in [5, 5.41) is 15.1. The fourth-order valence-corrected chi connectivity index (χ4v) is 3.49. The summed E-state index contributed by atoms with van der Waals surface area (Å²) < 4.78 is 45.8. The first kappa shape index (κ1) is 25.1. The van der Waals surface area contributed by atoms with Gasteiger partial charge >= 0.3 is 6.18 Å². The Morgan fingerprint density at radius 2 is 1.86 bits per heavy atom. The molecule has 1 unspecified atom stereocenters. The van der Waals surface area contributed by atoms with Crippen LogP contribution in [0.2, 0.25) is 0 Å². The van der Waals surface area contributed by atoms with Gasteiger partial charge in [-0.3, -0.25) is 19.6 Å². The number of nitrogens with zero attached hydrogens (tertiary/aromatic N) is 2. The van der Waals surface area contributed by atoms with Gasteiger partial charge in [0.2, 0.25) is 5.91 Å². The summed E-state index contributed by atoms with van der Waals surface area (Å²) in [7, 11) is 0.